The first-order valence-electron chi connectivity index (χ1n) is 9.99. The van der Waals surface area contributed by atoms with E-state index in [9.17, 15) is 18.0 Å². The van der Waals surface area contributed by atoms with Gasteiger partial charge in [0.15, 0.2) is 0 Å². The first-order chi connectivity index (χ1) is 14.4. The fourth-order valence-electron chi connectivity index (χ4n) is 3.41. The lowest BCUT2D eigenvalue weighted by molar-refractivity contribution is -0.126. The van der Waals surface area contributed by atoms with Gasteiger partial charge in [-0.3, -0.25) is 14.3 Å². The van der Waals surface area contributed by atoms with Crippen LogP contribution in [0.2, 0.25) is 0 Å². The molecule has 0 unspecified atom stereocenters. The third-order valence-electron chi connectivity index (χ3n) is 5.13. The Labute approximate surface area is 176 Å². The second-order valence-electron chi connectivity index (χ2n) is 7.24. The zero-order chi connectivity index (χ0) is 21.6. The van der Waals surface area contributed by atoms with Crippen molar-refractivity contribution in [1.82, 2.24) is 19.4 Å². The third kappa shape index (κ3) is 5.90. The van der Waals surface area contributed by atoms with Gasteiger partial charge in [-0.15, -0.1) is 0 Å². The van der Waals surface area contributed by atoms with Crippen LogP contribution in [-0.2, 0) is 32.7 Å². The molecule has 0 bridgehead atoms. The number of amides is 2. The molecule has 2 aromatic rings. The molecule has 0 spiro atoms. The lowest BCUT2D eigenvalue weighted by Gasteiger charge is -2.30. The van der Waals surface area contributed by atoms with Crippen LogP contribution in [0, 0.1) is 5.92 Å². The maximum atomic E-state index is 12.5. The topological polar surface area (TPSA) is 113 Å². The van der Waals surface area contributed by atoms with Gasteiger partial charge in [0.1, 0.15) is 6.54 Å². The van der Waals surface area contributed by atoms with Crippen LogP contribution in [0.3, 0.4) is 0 Å². The van der Waals surface area contributed by atoms with E-state index in [2.05, 4.69) is 15.7 Å². The fourth-order valence-corrected chi connectivity index (χ4v) is 4.55. The first-order valence-corrected chi connectivity index (χ1v) is 11.6. The lowest BCUT2D eigenvalue weighted by atomic mass is 9.97. The molecule has 2 N–H and O–H groups in total. The number of rotatable bonds is 8. The average molecular weight is 434 g/mol. The molecule has 1 saturated heterocycles. The molecule has 30 heavy (non-hydrogen) atoms. The summed E-state index contributed by atoms with van der Waals surface area (Å²) in [5, 5.41) is 9.74. The van der Waals surface area contributed by atoms with Crippen molar-refractivity contribution in [3.8, 4) is 0 Å². The summed E-state index contributed by atoms with van der Waals surface area (Å²) in [6, 6.07) is 9.05. The van der Waals surface area contributed by atoms with Crippen LogP contribution in [0.15, 0.2) is 42.7 Å². The highest BCUT2D eigenvalue weighted by Crippen LogP contribution is 2.20. The molecular weight excluding hydrogens is 406 g/mol. The quantitative estimate of drug-likeness (QED) is 0.649. The van der Waals surface area contributed by atoms with Crippen molar-refractivity contribution < 1.29 is 18.0 Å². The summed E-state index contributed by atoms with van der Waals surface area (Å²) in [4.78, 5) is 24.6. The van der Waals surface area contributed by atoms with Crippen molar-refractivity contribution >= 4 is 27.5 Å². The van der Waals surface area contributed by atoms with Crippen LogP contribution in [0.25, 0.3) is 0 Å². The molecule has 0 atom stereocenters. The third-order valence-corrected chi connectivity index (χ3v) is 7.01. The van der Waals surface area contributed by atoms with E-state index >= 15 is 0 Å². The molecule has 162 valence electrons. The molecule has 0 saturated carbocycles. The number of aromatic nitrogens is 2. The standard InChI is InChI=1S/C20H27N5O4S/c1-2-30(28,29)25-11-7-17(8-12-25)20(27)21-14-16-5-3-6-18(13-16)23-19(26)15-24-10-4-9-22-24/h3-6,9-10,13,17H,2,7-8,11-12,14-15H2,1H3,(H,21,27)(H,23,26). The Balaban J connectivity index is 1.47. The Bertz CT molecular complexity index is 967. The number of anilines is 1. The first kappa shape index (κ1) is 22.0. The smallest absolute Gasteiger partial charge is 0.246 e. The Morgan fingerprint density at radius 3 is 2.63 bits per heavy atom. The highest BCUT2D eigenvalue weighted by molar-refractivity contribution is 7.89. The largest absolute Gasteiger partial charge is 0.352 e. The molecule has 1 aliphatic heterocycles. The van der Waals surface area contributed by atoms with Crippen LogP contribution in [0.1, 0.15) is 25.3 Å². The van der Waals surface area contributed by atoms with Crippen LogP contribution in [0.4, 0.5) is 5.69 Å². The lowest BCUT2D eigenvalue weighted by Crippen LogP contribution is -2.43. The number of carbonyl (C=O) groups is 2. The van der Waals surface area contributed by atoms with Crippen LogP contribution < -0.4 is 10.6 Å². The van der Waals surface area contributed by atoms with E-state index in [1.807, 2.05) is 18.2 Å². The molecule has 3 rings (SSSR count). The van der Waals surface area contributed by atoms with Crippen LogP contribution in [-0.4, -0.2) is 53.2 Å². The Hall–Kier alpha value is -2.72. The molecule has 1 aromatic heterocycles. The number of hydrogen-bond acceptors (Lipinski definition) is 5. The molecular formula is C20H27N5O4S. The minimum absolute atomic E-state index is 0.0725. The molecule has 0 aliphatic carbocycles. The minimum atomic E-state index is -3.20. The number of nitrogens with zero attached hydrogens (tertiary/aromatic N) is 3. The molecule has 9 nitrogen and oxygen atoms in total. The van der Waals surface area contributed by atoms with Gasteiger partial charge in [0.05, 0.1) is 5.75 Å². The Morgan fingerprint density at radius 1 is 1.20 bits per heavy atom. The molecule has 0 radical (unpaired) electrons. The van der Waals surface area contributed by atoms with Crippen molar-refractivity contribution in [3.05, 3.63) is 48.3 Å². The van der Waals surface area contributed by atoms with E-state index in [-0.39, 0.29) is 30.0 Å². The van der Waals surface area contributed by atoms with E-state index in [1.54, 1.807) is 31.5 Å². The monoisotopic (exact) mass is 433 g/mol. The van der Waals surface area contributed by atoms with E-state index < -0.39 is 10.0 Å². The Morgan fingerprint density at radius 2 is 1.97 bits per heavy atom. The maximum Gasteiger partial charge on any atom is 0.246 e. The van der Waals surface area contributed by atoms with Crippen molar-refractivity contribution in [2.24, 2.45) is 5.92 Å². The zero-order valence-corrected chi connectivity index (χ0v) is 17.8. The van der Waals surface area contributed by atoms with Gasteiger partial charge in [0.2, 0.25) is 21.8 Å². The van der Waals surface area contributed by atoms with E-state index in [0.717, 1.165) is 5.56 Å². The van der Waals surface area contributed by atoms with Crippen molar-refractivity contribution in [2.75, 3.05) is 24.2 Å². The number of carbonyl (C=O) groups excluding carboxylic acids is 2. The molecule has 1 fully saturated rings. The van der Waals surface area contributed by atoms with E-state index in [1.165, 1.54) is 8.99 Å². The average Bonchev–Trinajstić information content (AvgIpc) is 3.25. The van der Waals surface area contributed by atoms with Gasteiger partial charge in [-0.25, -0.2) is 12.7 Å². The van der Waals surface area contributed by atoms with Gasteiger partial charge in [-0.1, -0.05) is 12.1 Å². The predicted molar refractivity (Wildman–Crippen MR) is 113 cm³/mol. The summed E-state index contributed by atoms with van der Waals surface area (Å²) in [7, 11) is -3.20. The minimum Gasteiger partial charge on any atom is -0.352 e. The number of hydrogen-bond donors (Lipinski definition) is 2. The number of nitrogens with one attached hydrogen (secondary N) is 2. The van der Waals surface area contributed by atoms with Crippen molar-refractivity contribution in [3.63, 3.8) is 0 Å². The summed E-state index contributed by atoms with van der Waals surface area (Å²) in [6.07, 6.45) is 4.38. The zero-order valence-electron chi connectivity index (χ0n) is 17.0. The summed E-state index contributed by atoms with van der Waals surface area (Å²) in [5.74, 6) is -0.366. The summed E-state index contributed by atoms with van der Waals surface area (Å²) < 4.78 is 26.9. The number of piperidine rings is 1. The van der Waals surface area contributed by atoms with Crippen molar-refractivity contribution in [1.29, 1.82) is 0 Å². The van der Waals surface area contributed by atoms with E-state index in [4.69, 9.17) is 0 Å². The molecule has 1 aromatic carbocycles. The van der Waals surface area contributed by atoms with Gasteiger partial charge < -0.3 is 10.6 Å². The summed E-state index contributed by atoms with van der Waals surface area (Å²) >= 11 is 0. The van der Waals surface area contributed by atoms with Crippen molar-refractivity contribution in [2.45, 2.75) is 32.9 Å². The van der Waals surface area contributed by atoms with Gasteiger partial charge in [-0.05, 0) is 43.5 Å². The van der Waals surface area contributed by atoms with Crippen LogP contribution in [0.5, 0.6) is 0 Å². The highest BCUT2D eigenvalue weighted by Gasteiger charge is 2.29. The predicted octanol–water partition coefficient (Wildman–Crippen LogP) is 1.20. The maximum absolute atomic E-state index is 12.5. The molecule has 2 heterocycles. The SMILES string of the molecule is CCS(=O)(=O)N1CCC(C(=O)NCc2cccc(NC(=O)Cn3cccn3)c2)CC1. The van der Waals surface area contributed by atoms with Gasteiger partial charge in [-0.2, -0.15) is 5.10 Å². The molecule has 2 amide bonds. The second kappa shape index (κ2) is 9.86. The highest BCUT2D eigenvalue weighted by atomic mass is 32.2. The Kier molecular flexibility index (Phi) is 7.22. The fraction of sp³-hybridized carbons (Fsp3) is 0.450. The van der Waals surface area contributed by atoms with Gasteiger partial charge in [0, 0.05) is 43.6 Å². The van der Waals surface area contributed by atoms with Gasteiger partial charge in [0.25, 0.3) is 0 Å². The molecule has 10 heteroatoms. The second-order valence-corrected chi connectivity index (χ2v) is 9.50. The summed E-state index contributed by atoms with van der Waals surface area (Å²) in [5.41, 5.74) is 1.52. The van der Waals surface area contributed by atoms with Crippen LogP contribution >= 0.6 is 0 Å². The normalized spacial score (nSPS) is 15.6. The number of benzene rings is 1. The van der Waals surface area contributed by atoms with E-state index in [0.29, 0.717) is 38.2 Å². The van der Waals surface area contributed by atoms with Gasteiger partial charge >= 0.3 is 0 Å². The molecule has 1 aliphatic rings. The summed E-state index contributed by atoms with van der Waals surface area (Å²) in [6.45, 7) is 2.86. The number of sulfonamides is 1.